The predicted molar refractivity (Wildman–Crippen MR) is 230 cm³/mol. The van der Waals surface area contributed by atoms with Crippen molar-refractivity contribution in [2.24, 2.45) is 0 Å². The molecule has 0 aliphatic rings. The number of likely N-dealkylation sites (N-methyl/N-ethyl adjacent to an activating group) is 1. The highest BCUT2D eigenvalue weighted by Gasteiger charge is 2.13. The molecule has 0 rings (SSSR count). The third-order valence-corrected chi connectivity index (χ3v) is 9.63. The molecule has 0 bridgehead atoms. The Morgan fingerprint density at radius 1 is 0.373 bits per heavy atom. The van der Waals surface area contributed by atoms with Crippen molar-refractivity contribution >= 4 is 7.82 Å². The van der Waals surface area contributed by atoms with Crippen LogP contribution in [0.5, 0.6) is 0 Å². The van der Waals surface area contributed by atoms with Crippen LogP contribution in [-0.4, -0.2) is 178 Å². The Morgan fingerprint density at radius 2 is 0.644 bits per heavy atom. The van der Waals surface area contributed by atoms with Crippen molar-refractivity contribution in [1.29, 1.82) is 0 Å². The summed E-state index contributed by atoms with van der Waals surface area (Å²) < 4.78 is 76.9. The Labute approximate surface area is 359 Å². The number of phosphoric ester groups is 1. The number of ether oxygens (including phenoxy) is 10. The maximum atomic E-state index is 11.7. The second-order valence-electron chi connectivity index (χ2n) is 15.2. The minimum atomic E-state index is -4.31. The lowest BCUT2D eigenvalue weighted by Gasteiger charge is -2.27. The minimum Gasteiger partial charge on any atom is -0.756 e. The van der Waals surface area contributed by atoms with Gasteiger partial charge in [0.2, 0.25) is 0 Å². The predicted octanol–water partition coefficient (Wildman–Crippen LogP) is 6.40. The second kappa shape index (κ2) is 46.9. The number of phosphoric acid groups is 1. The molecule has 0 amide bonds. The average molecular weight is 874 g/mol. The van der Waals surface area contributed by atoms with E-state index in [1.165, 1.54) is 83.5 Å². The summed E-state index contributed by atoms with van der Waals surface area (Å²) in [6, 6.07) is 0. The van der Waals surface area contributed by atoms with Crippen molar-refractivity contribution in [3.63, 3.8) is 0 Å². The molecule has 354 valence electrons. The molecular formula is C43H88NO14P. The van der Waals surface area contributed by atoms with Crippen LogP contribution < -0.4 is 4.89 Å². The van der Waals surface area contributed by atoms with E-state index in [0.29, 0.717) is 130 Å². The highest BCUT2D eigenvalue weighted by molar-refractivity contribution is 7.45. The third kappa shape index (κ3) is 53.5. The largest absolute Gasteiger partial charge is 0.756 e. The van der Waals surface area contributed by atoms with Crippen molar-refractivity contribution in [2.45, 2.75) is 96.8 Å². The van der Waals surface area contributed by atoms with Crippen molar-refractivity contribution in [3.05, 3.63) is 12.2 Å². The number of hydrogen-bond acceptors (Lipinski definition) is 14. The molecule has 0 aromatic rings. The number of nitrogens with zero attached hydrogens (tertiary/aromatic N) is 1. The number of unbranched alkanes of at least 4 members (excludes halogenated alkanes) is 12. The summed E-state index contributed by atoms with van der Waals surface area (Å²) in [5.74, 6) is 0. The van der Waals surface area contributed by atoms with Crippen LogP contribution in [0.15, 0.2) is 12.2 Å². The number of rotatable bonds is 51. The molecule has 0 aromatic carbocycles. The molecule has 59 heavy (non-hydrogen) atoms. The normalized spacial score (nSPS) is 13.2. The van der Waals surface area contributed by atoms with Crippen LogP contribution in [0, 0.1) is 0 Å². The van der Waals surface area contributed by atoms with E-state index >= 15 is 0 Å². The van der Waals surface area contributed by atoms with Gasteiger partial charge in [-0.05, 0) is 32.1 Å². The van der Waals surface area contributed by atoms with Gasteiger partial charge in [0.1, 0.15) is 13.2 Å². The van der Waals surface area contributed by atoms with E-state index in [-0.39, 0.29) is 19.8 Å². The van der Waals surface area contributed by atoms with Crippen molar-refractivity contribution < 1.29 is 70.4 Å². The van der Waals surface area contributed by atoms with Gasteiger partial charge in [-0.25, -0.2) is 0 Å². The summed E-state index contributed by atoms with van der Waals surface area (Å²) in [5, 5.41) is 0. The topological polar surface area (TPSA) is 151 Å². The molecule has 0 saturated carbocycles. The highest BCUT2D eigenvalue weighted by atomic mass is 31.2. The fourth-order valence-corrected chi connectivity index (χ4v) is 5.88. The van der Waals surface area contributed by atoms with Crippen LogP contribution in [0.25, 0.3) is 0 Å². The van der Waals surface area contributed by atoms with Gasteiger partial charge in [-0.3, -0.25) is 4.57 Å². The van der Waals surface area contributed by atoms with E-state index in [1.807, 2.05) is 21.1 Å². The van der Waals surface area contributed by atoms with Crippen LogP contribution >= 0.6 is 7.82 Å². The van der Waals surface area contributed by atoms with Gasteiger partial charge in [0.05, 0.1) is 153 Å². The molecular weight excluding hydrogens is 785 g/mol. The van der Waals surface area contributed by atoms with Gasteiger partial charge >= 0.3 is 0 Å². The summed E-state index contributed by atoms with van der Waals surface area (Å²) in [6.07, 6.45) is 23.2. The van der Waals surface area contributed by atoms with E-state index in [9.17, 15) is 9.46 Å². The zero-order valence-electron chi connectivity index (χ0n) is 37.9. The summed E-state index contributed by atoms with van der Waals surface area (Å²) in [6.45, 7) is 12.5. The summed E-state index contributed by atoms with van der Waals surface area (Å²) in [5.41, 5.74) is 0. The van der Waals surface area contributed by atoms with E-state index < -0.39 is 7.82 Å². The standard InChI is InChI=1S/C43H88NO14P/c1-5-6-7-8-9-10-11-12-13-14-15-16-17-18-19-20-22-47-24-25-48-26-27-49-28-29-50-30-31-51-32-33-52-34-35-53-36-37-54-38-39-55-40-41-56-42-43-58-59(45,46)57-23-21-44(2,3)4/h12-13H,5-11,14-43H2,1-4H3/b13-12-. The molecule has 0 aliphatic heterocycles. The Bertz CT molecular complexity index is 899. The Hall–Kier alpha value is -0.590. The van der Waals surface area contributed by atoms with Gasteiger partial charge in [-0.2, -0.15) is 0 Å². The van der Waals surface area contributed by atoms with Crippen LogP contribution in [0.4, 0.5) is 0 Å². The third-order valence-electron chi connectivity index (χ3n) is 8.64. The summed E-state index contributed by atoms with van der Waals surface area (Å²) in [4.78, 5) is 11.7. The van der Waals surface area contributed by atoms with Crippen molar-refractivity contribution in [3.8, 4) is 0 Å². The molecule has 0 fully saturated rings. The zero-order chi connectivity index (χ0) is 43.1. The first kappa shape index (κ1) is 58.4. The Kier molecular flexibility index (Phi) is 46.4. The second-order valence-corrected chi connectivity index (χ2v) is 16.6. The Morgan fingerprint density at radius 3 is 0.983 bits per heavy atom. The van der Waals surface area contributed by atoms with Gasteiger partial charge in [0, 0.05) is 6.61 Å². The van der Waals surface area contributed by atoms with Crippen molar-refractivity contribution in [2.75, 3.05) is 173 Å². The van der Waals surface area contributed by atoms with Crippen molar-refractivity contribution in [1.82, 2.24) is 0 Å². The molecule has 0 N–H and O–H groups in total. The van der Waals surface area contributed by atoms with E-state index in [0.717, 1.165) is 13.0 Å². The molecule has 0 spiro atoms. The molecule has 0 saturated heterocycles. The van der Waals surface area contributed by atoms with Gasteiger partial charge in [-0.1, -0.05) is 76.9 Å². The quantitative estimate of drug-likeness (QED) is 0.0287. The highest BCUT2D eigenvalue weighted by Crippen LogP contribution is 2.37. The number of quaternary nitrogens is 1. The van der Waals surface area contributed by atoms with Crippen LogP contribution in [0.3, 0.4) is 0 Å². The first-order valence-electron chi connectivity index (χ1n) is 22.6. The molecule has 16 heteroatoms. The SMILES string of the molecule is CCCCCCCC/C=C\CCCCCCCCOCCOCCOCCOCCOCCOCCOCCOCCOCCOCCOP(=O)([O-])OCC[N+](C)(C)C. The van der Waals surface area contributed by atoms with Gasteiger partial charge in [0.25, 0.3) is 7.82 Å². The van der Waals surface area contributed by atoms with Gasteiger partial charge in [-0.15, -0.1) is 0 Å². The lowest BCUT2D eigenvalue weighted by molar-refractivity contribution is -0.870. The van der Waals surface area contributed by atoms with E-state index in [4.69, 9.17) is 56.4 Å². The van der Waals surface area contributed by atoms with E-state index in [2.05, 4.69) is 19.1 Å². The molecule has 0 radical (unpaired) electrons. The lowest BCUT2D eigenvalue weighted by Crippen LogP contribution is -2.37. The molecule has 0 aromatic heterocycles. The lowest BCUT2D eigenvalue weighted by atomic mass is 10.1. The number of allylic oxidation sites excluding steroid dienone is 2. The fourth-order valence-electron chi connectivity index (χ4n) is 5.20. The summed E-state index contributed by atoms with van der Waals surface area (Å²) >= 11 is 0. The maximum Gasteiger partial charge on any atom is 0.268 e. The van der Waals surface area contributed by atoms with Crippen LogP contribution in [0.1, 0.15) is 96.8 Å². The maximum absolute atomic E-state index is 11.7. The first-order valence-corrected chi connectivity index (χ1v) is 24.1. The molecule has 1 atom stereocenters. The minimum absolute atomic E-state index is 0.0705. The van der Waals surface area contributed by atoms with E-state index in [1.54, 1.807) is 0 Å². The average Bonchev–Trinajstić information content (AvgIpc) is 3.20. The molecule has 0 aliphatic carbocycles. The molecule has 15 nitrogen and oxygen atoms in total. The first-order chi connectivity index (χ1) is 28.8. The molecule has 0 heterocycles. The number of hydrogen-bond donors (Lipinski definition) is 0. The van der Waals surface area contributed by atoms with Crippen LogP contribution in [-0.2, 0) is 61.0 Å². The Balaban J connectivity index is 3.15. The summed E-state index contributed by atoms with van der Waals surface area (Å²) in [7, 11) is 1.53. The van der Waals surface area contributed by atoms with Gasteiger partial charge < -0.3 is 65.8 Å². The fraction of sp³-hybridized carbons (Fsp3) is 0.953. The van der Waals surface area contributed by atoms with Crippen LogP contribution in [0.2, 0.25) is 0 Å². The van der Waals surface area contributed by atoms with Gasteiger partial charge in [0.15, 0.2) is 0 Å². The smallest absolute Gasteiger partial charge is 0.268 e. The zero-order valence-corrected chi connectivity index (χ0v) is 38.8. The monoisotopic (exact) mass is 874 g/mol. The molecule has 1 unspecified atom stereocenters.